The minimum absolute atomic E-state index is 0.414. The first-order chi connectivity index (χ1) is 10.0. The molecule has 1 aromatic carbocycles. The number of hydrogen-bond donors (Lipinski definition) is 2. The van der Waals surface area contributed by atoms with Gasteiger partial charge in [-0.1, -0.05) is 24.8 Å². The maximum atomic E-state index is 9.24. The Bertz CT molecular complexity index is 632. The molecule has 2 rings (SSSR count). The summed E-state index contributed by atoms with van der Waals surface area (Å²) < 4.78 is 5.22. The van der Waals surface area contributed by atoms with E-state index in [1.54, 1.807) is 30.4 Å². The van der Waals surface area contributed by atoms with Crippen molar-refractivity contribution in [2.75, 3.05) is 7.11 Å². The predicted octanol–water partition coefficient (Wildman–Crippen LogP) is 2.34. The van der Waals surface area contributed by atoms with Crippen LogP contribution >= 0.6 is 0 Å². The number of ether oxygens (including phenoxy) is 1. The first-order valence-electron chi connectivity index (χ1n) is 6.57. The largest absolute Gasteiger partial charge is 0.497 e. The Morgan fingerprint density at radius 1 is 1.33 bits per heavy atom. The van der Waals surface area contributed by atoms with Gasteiger partial charge < -0.3 is 19.7 Å². The van der Waals surface area contributed by atoms with Crippen LogP contribution in [0.4, 0.5) is 0 Å². The van der Waals surface area contributed by atoms with E-state index < -0.39 is 7.12 Å². The molecule has 1 aromatic rings. The van der Waals surface area contributed by atoms with Crippen molar-refractivity contribution in [2.24, 2.45) is 0 Å². The lowest BCUT2D eigenvalue weighted by Gasteiger charge is -2.22. The summed E-state index contributed by atoms with van der Waals surface area (Å²) in [7, 11) is 0.134. The molecule has 0 spiro atoms. The van der Waals surface area contributed by atoms with Gasteiger partial charge in [0.1, 0.15) is 5.75 Å². The van der Waals surface area contributed by atoms with Crippen molar-refractivity contribution in [1.29, 1.82) is 0 Å². The van der Waals surface area contributed by atoms with Crippen LogP contribution in [0.15, 0.2) is 66.6 Å². The summed E-state index contributed by atoms with van der Waals surface area (Å²) in [6.45, 7) is 5.91. The summed E-state index contributed by atoms with van der Waals surface area (Å²) in [4.78, 5) is 1.77. The molecule has 108 valence electrons. The minimum Gasteiger partial charge on any atom is -0.497 e. The first kappa shape index (κ1) is 15.2. The van der Waals surface area contributed by atoms with E-state index >= 15 is 0 Å². The molecule has 2 N–H and O–H groups in total. The highest BCUT2D eigenvalue weighted by Crippen LogP contribution is 2.23. The van der Waals surface area contributed by atoms with Gasteiger partial charge >= 0.3 is 7.12 Å². The van der Waals surface area contributed by atoms with Crippen LogP contribution in [0.25, 0.3) is 5.57 Å². The molecule has 0 atom stereocenters. The standard InChI is InChI=1S/C16H18BNO3/c1-12(14-5-4-6-16(9-14)21-3)10-18-11-15(17(19)20)8-7-13(18)2/h4-11,19-20H,2H2,1,3H3/b12-10+. The molecule has 0 saturated heterocycles. The van der Waals surface area contributed by atoms with Gasteiger partial charge in [0.2, 0.25) is 0 Å². The summed E-state index contributed by atoms with van der Waals surface area (Å²) in [6.07, 6.45) is 6.92. The van der Waals surface area contributed by atoms with Crippen LogP contribution in [0, 0.1) is 0 Å². The van der Waals surface area contributed by atoms with E-state index in [4.69, 9.17) is 4.74 Å². The molecule has 0 aliphatic carbocycles. The maximum Gasteiger partial charge on any atom is 0.489 e. The van der Waals surface area contributed by atoms with Gasteiger partial charge in [0.05, 0.1) is 7.11 Å². The molecule has 4 nitrogen and oxygen atoms in total. The van der Waals surface area contributed by atoms with Gasteiger partial charge in [-0.15, -0.1) is 0 Å². The molecular weight excluding hydrogens is 265 g/mol. The van der Waals surface area contributed by atoms with Gasteiger partial charge in [-0.25, -0.2) is 0 Å². The number of benzene rings is 1. The maximum absolute atomic E-state index is 9.24. The minimum atomic E-state index is -1.50. The van der Waals surface area contributed by atoms with Gasteiger partial charge in [-0.2, -0.15) is 0 Å². The van der Waals surface area contributed by atoms with E-state index in [0.717, 1.165) is 22.6 Å². The van der Waals surface area contributed by atoms with Crippen LogP contribution < -0.4 is 4.74 Å². The lowest BCUT2D eigenvalue weighted by Crippen LogP contribution is -2.20. The van der Waals surface area contributed by atoms with Crippen LogP contribution in [0.2, 0.25) is 0 Å². The van der Waals surface area contributed by atoms with Gasteiger partial charge in [0.15, 0.2) is 0 Å². The summed E-state index contributed by atoms with van der Waals surface area (Å²) in [5.74, 6) is 0.791. The predicted molar refractivity (Wildman–Crippen MR) is 85.0 cm³/mol. The molecule has 0 amide bonds. The van der Waals surface area contributed by atoms with Gasteiger partial charge in [0.25, 0.3) is 0 Å². The average Bonchev–Trinajstić information content (AvgIpc) is 2.49. The molecule has 0 fully saturated rings. The SMILES string of the molecule is C=C1C=CC(B(O)O)=CN1/C=C(\C)c1cccc(OC)c1. The number of hydrogen-bond acceptors (Lipinski definition) is 4. The fraction of sp³-hybridized carbons (Fsp3) is 0.125. The van der Waals surface area contributed by atoms with E-state index in [0.29, 0.717) is 5.47 Å². The summed E-state index contributed by atoms with van der Waals surface area (Å²) in [6, 6.07) is 7.75. The zero-order valence-corrected chi connectivity index (χ0v) is 12.2. The number of allylic oxidation sites excluding steroid dienone is 4. The molecule has 0 aromatic heterocycles. The molecular formula is C16H18BNO3. The Balaban J connectivity index is 2.28. The fourth-order valence-electron chi connectivity index (χ4n) is 1.99. The van der Waals surface area contributed by atoms with E-state index in [2.05, 4.69) is 6.58 Å². The monoisotopic (exact) mass is 283 g/mol. The van der Waals surface area contributed by atoms with Crippen molar-refractivity contribution in [3.63, 3.8) is 0 Å². The van der Waals surface area contributed by atoms with E-state index in [1.165, 1.54) is 0 Å². The second-order valence-electron chi connectivity index (χ2n) is 4.78. The van der Waals surface area contributed by atoms with Crippen LogP contribution in [0.3, 0.4) is 0 Å². The fourth-order valence-corrected chi connectivity index (χ4v) is 1.99. The Morgan fingerprint density at radius 3 is 2.76 bits per heavy atom. The molecule has 1 aliphatic heterocycles. The second-order valence-corrected chi connectivity index (χ2v) is 4.78. The lowest BCUT2D eigenvalue weighted by molar-refractivity contribution is 0.414. The number of nitrogens with zero attached hydrogens (tertiary/aromatic N) is 1. The third-order valence-electron chi connectivity index (χ3n) is 3.24. The average molecular weight is 283 g/mol. The van der Waals surface area contributed by atoms with Gasteiger partial charge in [-0.05, 0) is 41.7 Å². The number of rotatable bonds is 4. The third kappa shape index (κ3) is 3.65. The van der Waals surface area contributed by atoms with Gasteiger partial charge in [-0.3, -0.25) is 0 Å². The molecule has 1 aliphatic rings. The van der Waals surface area contributed by atoms with Crippen LogP contribution in [-0.2, 0) is 0 Å². The molecule has 0 radical (unpaired) electrons. The molecule has 21 heavy (non-hydrogen) atoms. The summed E-state index contributed by atoms with van der Waals surface area (Å²) in [5.41, 5.74) is 3.20. The summed E-state index contributed by atoms with van der Waals surface area (Å²) >= 11 is 0. The Kier molecular flexibility index (Phi) is 4.68. The zero-order valence-electron chi connectivity index (χ0n) is 12.2. The van der Waals surface area contributed by atoms with E-state index in [9.17, 15) is 10.0 Å². The quantitative estimate of drug-likeness (QED) is 0.833. The van der Waals surface area contributed by atoms with Crippen molar-refractivity contribution in [2.45, 2.75) is 6.92 Å². The lowest BCUT2D eigenvalue weighted by atomic mass is 9.78. The van der Waals surface area contributed by atoms with Crippen molar-refractivity contribution < 1.29 is 14.8 Å². The first-order valence-corrected chi connectivity index (χ1v) is 6.57. The number of methoxy groups -OCH3 is 1. The normalized spacial score (nSPS) is 15.0. The third-order valence-corrected chi connectivity index (χ3v) is 3.24. The van der Waals surface area contributed by atoms with Crippen molar-refractivity contribution in [3.05, 3.63) is 72.1 Å². The molecule has 1 heterocycles. The van der Waals surface area contributed by atoms with Crippen molar-refractivity contribution in [1.82, 2.24) is 4.90 Å². The Hall–Kier alpha value is -2.24. The smallest absolute Gasteiger partial charge is 0.489 e. The highest BCUT2D eigenvalue weighted by atomic mass is 16.5. The molecule has 0 unspecified atom stereocenters. The van der Waals surface area contributed by atoms with Crippen molar-refractivity contribution in [3.8, 4) is 5.75 Å². The molecule has 0 bridgehead atoms. The van der Waals surface area contributed by atoms with Crippen LogP contribution in [-0.4, -0.2) is 29.2 Å². The highest BCUT2D eigenvalue weighted by molar-refractivity contribution is 6.51. The van der Waals surface area contributed by atoms with E-state index in [1.807, 2.05) is 37.4 Å². The summed E-state index contributed by atoms with van der Waals surface area (Å²) in [5, 5.41) is 18.5. The highest BCUT2D eigenvalue weighted by Gasteiger charge is 2.17. The van der Waals surface area contributed by atoms with Crippen LogP contribution in [0.1, 0.15) is 12.5 Å². The zero-order chi connectivity index (χ0) is 15.4. The van der Waals surface area contributed by atoms with E-state index in [-0.39, 0.29) is 0 Å². The van der Waals surface area contributed by atoms with Crippen molar-refractivity contribution >= 4 is 12.7 Å². The Labute approximate surface area is 125 Å². The molecule has 5 heteroatoms. The van der Waals surface area contributed by atoms with Gasteiger partial charge in [0, 0.05) is 18.1 Å². The Morgan fingerprint density at radius 2 is 2.10 bits per heavy atom. The topological polar surface area (TPSA) is 52.9 Å². The van der Waals surface area contributed by atoms with Crippen LogP contribution in [0.5, 0.6) is 5.75 Å². The molecule has 0 saturated carbocycles. The second kappa shape index (κ2) is 6.48.